The molecule has 0 saturated heterocycles. The maximum absolute atomic E-state index is 5.05. The Bertz CT molecular complexity index is 693. The van der Waals surface area contributed by atoms with Crippen LogP contribution in [0.1, 0.15) is 10.7 Å². The predicted octanol–water partition coefficient (Wildman–Crippen LogP) is 2.28. The molecule has 0 atom stereocenters. The zero-order valence-corrected chi connectivity index (χ0v) is 12.8. The van der Waals surface area contributed by atoms with Crippen LogP contribution in [-0.4, -0.2) is 35.0 Å². The minimum absolute atomic E-state index is 0.706. The molecular formula is C15H18N4OS. The van der Waals surface area contributed by atoms with Gasteiger partial charge in [0.1, 0.15) is 5.01 Å². The number of methoxy groups -OCH3 is 1. The summed E-state index contributed by atoms with van der Waals surface area (Å²) in [7, 11) is 1.71. The lowest BCUT2D eigenvalue weighted by Gasteiger charge is -2.01. The summed E-state index contributed by atoms with van der Waals surface area (Å²) in [4.78, 5) is 4.34. The number of hydrogen-bond acceptors (Lipinski definition) is 5. The second-order valence-electron chi connectivity index (χ2n) is 4.72. The topological polar surface area (TPSA) is 52.0 Å². The van der Waals surface area contributed by atoms with Gasteiger partial charge in [-0.1, -0.05) is 18.2 Å². The number of hydrogen-bond donors (Lipinski definition) is 1. The fourth-order valence-electron chi connectivity index (χ4n) is 2.29. The highest BCUT2D eigenvalue weighted by Crippen LogP contribution is 2.20. The maximum atomic E-state index is 5.05. The third-order valence-electron chi connectivity index (χ3n) is 3.28. The molecule has 0 aliphatic carbocycles. The summed E-state index contributed by atoms with van der Waals surface area (Å²) in [5.74, 6) is 0. The smallest absolute Gasteiger partial charge is 0.114 e. The highest BCUT2D eigenvalue weighted by Gasteiger charge is 2.10. The van der Waals surface area contributed by atoms with E-state index in [1.54, 1.807) is 18.4 Å². The molecule has 0 saturated carbocycles. The standard InChI is InChI=1S/C15H18N4OS/c1-20-8-6-16-10-13-12-4-2-3-5-14(12)19(18-13)11-15-17-7-9-21-15/h2-5,7,9,16H,6,8,10-11H2,1H3. The number of ether oxygens (including phenoxy) is 1. The van der Waals surface area contributed by atoms with Gasteiger partial charge in [-0.25, -0.2) is 4.98 Å². The third kappa shape index (κ3) is 3.29. The van der Waals surface area contributed by atoms with Crippen molar-refractivity contribution in [2.45, 2.75) is 13.1 Å². The molecule has 0 amide bonds. The van der Waals surface area contributed by atoms with E-state index >= 15 is 0 Å². The molecular weight excluding hydrogens is 284 g/mol. The van der Waals surface area contributed by atoms with Crippen LogP contribution < -0.4 is 5.32 Å². The van der Waals surface area contributed by atoms with Crippen LogP contribution in [0, 0.1) is 0 Å². The van der Waals surface area contributed by atoms with Gasteiger partial charge in [-0.2, -0.15) is 5.10 Å². The van der Waals surface area contributed by atoms with Crippen LogP contribution in [0.2, 0.25) is 0 Å². The Balaban J connectivity index is 1.83. The minimum atomic E-state index is 0.706. The number of thiazole rings is 1. The van der Waals surface area contributed by atoms with Crippen molar-refractivity contribution in [3.8, 4) is 0 Å². The average molecular weight is 302 g/mol. The number of para-hydroxylation sites is 1. The molecule has 5 nitrogen and oxygen atoms in total. The summed E-state index contributed by atoms with van der Waals surface area (Å²) in [6, 6.07) is 8.32. The molecule has 110 valence electrons. The maximum Gasteiger partial charge on any atom is 0.114 e. The summed E-state index contributed by atoms with van der Waals surface area (Å²) >= 11 is 1.66. The summed E-state index contributed by atoms with van der Waals surface area (Å²) < 4.78 is 7.08. The molecule has 0 bridgehead atoms. The van der Waals surface area contributed by atoms with Gasteiger partial charge >= 0.3 is 0 Å². The highest BCUT2D eigenvalue weighted by molar-refractivity contribution is 7.09. The van der Waals surface area contributed by atoms with Gasteiger partial charge in [0.2, 0.25) is 0 Å². The summed E-state index contributed by atoms with van der Waals surface area (Å²) in [6.45, 7) is 2.99. The van der Waals surface area contributed by atoms with Crippen molar-refractivity contribution in [3.05, 3.63) is 46.5 Å². The van der Waals surface area contributed by atoms with E-state index < -0.39 is 0 Å². The molecule has 3 rings (SSSR count). The normalized spacial score (nSPS) is 11.3. The van der Waals surface area contributed by atoms with Gasteiger partial charge in [-0.05, 0) is 6.07 Å². The van der Waals surface area contributed by atoms with Crippen LogP contribution in [0.15, 0.2) is 35.8 Å². The Kier molecular flexibility index (Phi) is 4.59. The molecule has 2 aromatic heterocycles. The lowest BCUT2D eigenvalue weighted by Crippen LogP contribution is -2.19. The van der Waals surface area contributed by atoms with E-state index in [9.17, 15) is 0 Å². The first-order valence-electron chi connectivity index (χ1n) is 6.91. The van der Waals surface area contributed by atoms with Crippen LogP contribution in [0.3, 0.4) is 0 Å². The molecule has 21 heavy (non-hydrogen) atoms. The van der Waals surface area contributed by atoms with Crippen molar-refractivity contribution < 1.29 is 4.74 Å². The van der Waals surface area contributed by atoms with Gasteiger partial charge in [0.25, 0.3) is 0 Å². The Morgan fingerprint density at radius 2 is 2.24 bits per heavy atom. The van der Waals surface area contributed by atoms with Crippen molar-refractivity contribution in [1.29, 1.82) is 0 Å². The first-order chi connectivity index (χ1) is 10.4. The lowest BCUT2D eigenvalue weighted by atomic mass is 10.2. The number of aromatic nitrogens is 3. The molecule has 0 fully saturated rings. The second-order valence-corrected chi connectivity index (χ2v) is 5.70. The van der Waals surface area contributed by atoms with Crippen LogP contribution in [0.5, 0.6) is 0 Å². The number of nitrogens with one attached hydrogen (secondary N) is 1. The molecule has 0 radical (unpaired) electrons. The predicted molar refractivity (Wildman–Crippen MR) is 84.5 cm³/mol. The van der Waals surface area contributed by atoms with Gasteiger partial charge in [-0.15, -0.1) is 11.3 Å². The largest absolute Gasteiger partial charge is 0.383 e. The van der Waals surface area contributed by atoms with Gasteiger partial charge in [0, 0.05) is 37.2 Å². The van der Waals surface area contributed by atoms with Crippen LogP contribution in [-0.2, 0) is 17.8 Å². The van der Waals surface area contributed by atoms with E-state index in [-0.39, 0.29) is 0 Å². The van der Waals surface area contributed by atoms with Crippen molar-refractivity contribution >= 4 is 22.2 Å². The molecule has 0 spiro atoms. The zero-order chi connectivity index (χ0) is 14.5. The van der Waals surface area contributed by atoms with E-state index in [4.69, 9.17) is 9.84 Å². The molecule has 0 aliphatic rings. The van der Waals surface area contributed by atoms with Crippen molar-refractivity contribution in [1.82, 2.24) is 20.1 Å². The van der Waals surface area contributed by atoms with Gasteiger partial charge in [0.15, 0.2) is 0 Å². The summed E-state index contributed by atoms with van der Waals surface area (Å²) in [6.07, 6.45) is 1.83. The van der Waals surface area contributed by atoms with Gasteiger partial charge in [-0.3, -0.25) is 4.68 Å². The van der Waals surface area contributed by atoms with E-state index in [0.29, 0.717) is 6.61 Å². The molecule has 2 heterocycles. The summed E-state index contributed by atoms with van der Waals surface area (Å²) in [5.41, 5.74) is 2.22. The molecule has 3 aromatic rings. The fraction of sp³-hybridized carbons (Fsp3) is 0.333. The minimum Gasteiger partial charge on any atom is -0.383 e. The molecule has 0 unspecified atom stereocenters. The quantitative estimate of drug-likeness (QED) is 0.680. The second kappa shape index (κ2) is 6.80. The van der Waals surface area contributed by atoms with E-state index in [1.165, 1.54) is 5.39 Å². The summed E-state index contributed by atoms with van der Waals surface area (Å²) in [5, 5.41) is 12.4. The monoisotopic (exact) mass is 302 g/mol. The Morgan fingerprint density at radius 3 is 3.05 bits per heavy atom. The van der Waals surface area contributed by atoms with Crippen molar-refractivity contribution in [2.75, 3.05) is 20.3 Å². The lowest BCUT2D eigenvalue weighted by molar-refractivity contribution is 0.199. The van der Waals surface area contributed by atoms with Gasteiger partial charge < -0.3 is 10.1 Å². The van der Waals surface area contributed by atoms with Crippen LogP contribution >= 0.6 is 11.3 Å². The number of fused-ring (bicyclic) bond motifs is 1. The first kappa shape index (κ1) is 14.2. The number of rotatable bonds is 7. The van der Waals surface area contributed by atoms with Crippen molar-refractivity contribution in [3.63, 3.8) is 0 Å². The molecule has 6 heteroatoms. The third-order valence-corrected chi connectivity index (χ3v) is 4.04. The Labute approximate surface area is 127 Å². The molecule has 1 aromatic carbocycles. The van der Waals surface area contributed by atoms with Crippen molar-refractivity contribution in [2.24, 2.45) is 0 Å². The molecule has 1 N–H and O–H groups in total. The molecule has 0 aliphatic heterocycles. The Morgan fingerprint density at radius 1 is 1.33 bits per heavy atom. The van der Waals surface area contributed by atoms with Crippen LogP contribution in [0.4, 0.5) is 0 Å². The van der Waals surface area contributed by atoms with E-state index in [2.05, 4.69) is 28.5 Å². The fourth-order valence-corrected chi connectivity index (χ4v) is 2.88. The number of nitrogens with zero attached hydrogens (tertiary/aromatic N) is 3. The average Bonchev–Trinajstić information content (AvgIpc) is 3.13. The SMILES string of the molecule is COCCNCc1nn(Cc2nccs2)c2ccccc12. The van der Waals surface area contributed by atoms with Gasteiger partial charge in [0.05, 0.1) is 24.4 Å². The van der Waals surface area contributed by atoms with E-state index in [1.807, 2.05) is 22.3 Å². The zero-order valence-electron chi connectivity index (χ0n) is 12.0. The number of benzene rings is 1. The first-order valence-corrected chi connectivity index (χ1v) is 7.79. The van der Waals surface area contributed by atoms with Crippen LogP contribution in [0.25, 0.3) is 10.9 Å². The highest BCUT2D eigenvalue weighted by atomic mass is 32.1. The Hall–Kier alpha value is -1.76. The van der Waals surface area contributed by atoms with E-state index in [0.717, 1.165) is 35.9 Å².